The molecule has 0 saturated carbocycles. The molecule has 1 aromatic carbocycles. The van der Waals surface area contributed by atoms with E-state index in [9.17, 15) is 18.4 Å². The van der Waals surface area contributed by atoms with Crippen molar-refractivity contribution < 1.29 is 23.1 Å². The van der Waals surface area contributed by atoms with Crippen molar-refractivity contribution in [1.82, 2.24) is 20.1 Å². The van der Waals surface area contributed by atoms with Gasteiger partial charge in [-0.2, -0.15) is 0 Å². The summed E-state index contributed by atoms with van der Waals surface area (Å²) in [6.45, 7) is 4.09. The lowest BCUT2D eigenvalue weighted by Crippen LogP contribution is -2.46. The second-order valence-corrected chi connectivity index (χ2v) is 7.59. The number of anilines is 1. The summed E-state index contributed by atoms with van der Waals surface area (Å²) in [4.78, 5) is 29.3. The third kappa shape index (κ3) is 3.66. The Hall–Kier alpha value is -3.04. The van der Waals surface area contributed by atoms with Crippen LogP contribution in [0, 0.1) is 17.6 Å². The minimum absolute atomic E-state index is 0.00274. The number of aryl methyl sites for hydroxylation is 1. The zero-order valence-corrected chi connectivity index (χ0v) is 16.0. The average Bonchev–Trinajstić information content (AvgIpc) is 3.04. The van der Waals surface area contributed by atoms with Gasteiger partial charge in [0.05, 0.1) is 11.7 Å². The number of hydrogen-bond donors (Lipinski definition) is 2. The molecule has 2 aliphatic heterocycles. The summed E-state index contributed by atoms with van der Waals surface area (Å²) in [7, 11) is 0. The number of aromatic nitrogens is 3. The lowest BCUT2D eigenvalue weighted by atomic mass is 9.95. The fraction of sp³-hybridized carbons (Fsp3) is 0.474. The third-order valence-electron chi connectivity index (χ3n) is 5.19. The molecule has 8 nitrogen and oxygen atoms in total. The maximum Gasteiger partial charge on any atom is 0.336 e. The van der Waals surface area contributed by atoms with Gasteiger partial charge in [-0.25, -0.2) is 23.2 Å². The van der Waals surface area contributed by atoms with Crippen LogP contribution in [0.2, 0.25) is 0 Å². The fourth-order valence-electron chi connectivity index (χ4n) is 3.69. The summed E-state index contributed by atoms with van der Waals surface area (Å²) in [5.41, 5.74) is 0.00274. The van der Waals surface area contributed by atoms with E-state index in [2.05, 4.69) is 34.6 Å². The van der Waals surface area contributed by atoms with Gasteiger partial charge in [-0.15, -0.1) is 5.10 Å². The van der Waals surface area contributed by atoms with Crippen molar-refractivity contribution in [3.05, 3.63) is 35.4 Å². The van der Waals surface area contributed by atoms with Gasteiger partial charge >= 0.3 is 5.97 Å². The number of fused-ring (bicyclic) bond motifs is 2. The largest absolute Gasteiger partial charge is 0.420 e. The molecule has 4 rings (SSSR count). The molecule has 0 saturated heterocycles. The van der Waals surface area contributed by atoms with Gasteiger partial charge in [0.1, 0.15) is 17.7 Å². The van der Waals surface area contributed by atoms with Gasteiger partial charge in [0.25, 0.3) is 5.91 Å². The van der Waals surface area contributed by atoms with Crippen molar-refractivity contribution >= 4 is 17.6 Å². The summed E-state index contributed by atoms with van der Waals surface area (Å²) in [6, 6.07) is 0.702. The first-order valence-corrected chi connectivity index (χ1v) is 9.54. The van der Waals surface area contributed by atoms with Crippen molar-refractivity contribution in [2.75, 3.05) is 11.9 Å². The van der Waals surface area contributed by atoms with Gasteiger partial charge in [0.15, 0.2) is 11.6 Å². The van der Waals surface area contributed by atoms with Crippen molar-refractivity contribution in [2.45, 2.75) is 45.2 Å². The van der Waals surface area contributed by atoms with E-state index in [0.29, 0.717) is 12.0 Å². The van der Waals surface area contributed by atoms with E-state index in [0.717, 1.165) is 31.2 Å². The molecule has 0 bridgehead atoms. The van der Waals surface area contributed by atoms with Gasteiger partial charge in [0, 0.05) is 25.1 Å². The molecule has 3 heterocycles. The molecule has 0 fully saturated rings. The Balaban J connectivity index is 1.51. The lowest BCUT2D eigenvalue weighted by Gasteiger charge is -2.26. The maximum absolute atomic E-state index is 13.9. The van der Waals surface area contributed by atoms with E-state index in [1.807, 2.05) is 0 Å². The number of carbonyl (C=O) groups excluding carboxylic acids is 2. The van der Waals surface area contributed by atoms with E-state index in [4.69, 9.17) is 4.74 Å². The normalized spacial score (nSPS) is 20.9. The highest BCUT2D eigenvalue weighted by Crippen LogP contribution is 2.31. The number of hydrogen-bond acceptors (Lipinski definition) is 6. The summed E-state index contributed by atoms with van der Waals surface area (Å²) in [5, 5.41) is 9.59. The lowest BCUT2D eigenvalue weighted by molar-refractivity contribution is -0.136. The molecule has 10 heteroatoms. The molecule has 0 unspecified atom stereocenters. The van der Waals surface area contributed by atoms with E-state index in [1.165, 1.54) is 0 Å². The number of benzene rings is 1. The first-order chi connectivity index (χ1) is 13.8. The number of amides is 1. The number of carbonyl (C=O) groups is 2. The molecule has 1 aromatic heterocycles. The second kappa shape index (κ2) is 7.41. The van der Waals surface area contributed by atoms with E-state index in [-0.39, 0.29) is 24.1 Å². The molecular formula is C19H21F2N5O3. The zero-order chi connectivity index (χ0) is 20.7. The van der Waals surface area contributed by atoms with Crippen LogP contribution in [-0.2, 0) is 11.2 Å². The summed E-state index contributed by atoms with van der Waals surface area (Å²) in [5.74, 6) is -2.64. The first-order valence-electron chi connectivity index (χ1n) is 9.54. The predicted octanol–water partition coefficient (Wildman–Crippen LogP) is 2.22. The van der Waals surface area contributed by atoms with Gasteiger partial charge in [-0.3, -0.25) is 4.79 Å². The molecule has 2 N–H and O–H groups in total. The predicted molar refractivity (Wildman–Crippen MR) is 98.6 cm³/mol. The summed E-state index contributed by atoms with van der Waals surface area (Å²) >= 11 is 0. The highest BCUT2D eigenvalue weighted by Gasteiger charge is 2.32. The number of halogens is 2. The van der Waals surface area contributed by atoms with Crippen LogP contribution in [0.1, 0.15) is 49.2 Å². The van der Waals surface area contributed by atoms with Crippen molar-refractivity contribution in [2.24, 2.45) is 5.92 Å². The molecule has 154 valence electrons. The SMILES string of the molecule is CC(C)[C@H]1CCCc2nc(C(=O)N[C@H]3CNc4cc(F)cc(F)c4OC3=O)nn21. The molecule has 2 aromatic rings. The molecule has 0 spiro atoms. The Morgan fingerprint density at radius 3 is 2.93 bits per heavy atom. The molecule has 29 heavy (non-hydrogen) atoms. The Kier molecular flexibility index (Phi) is 4.93. The molecule has 0 radical (unpaired) electrons. The van der Waals surface area contributed by atoms with Crippen LogP contribution in [0.15, 0.2) is 12.1 Å². The highest BCUT2D eigenvalue weighted by molar-refractivity contribution is 5.94. The number of rotatable bonds is 3. The third-order valence-corrected chi connectivity index (χ3v) is 5.19. The molecular weight excluding hydrogens is 384 g/mol. The van der Waals surface area contributed by atoms with E-state index < -0.39 is 35.3 Å². The molecule has 2 aliphatic rings. The van der Waals surface area contributed by atoms with Crippen molar-refractivity contribution in [1.29, 1.82) is 0 Å². The van der Waals surface area contributed by atoms with Crippen LogP contribution in [0.25, 0.3) is 0 Å². The van der Waals surface area contributed by atoms with Gasteiger partial charge in [0.2, 0.25) is 5.82 Å². The Bertz CT molecular complexity index is 975. The molecule has 0 aliphatic carbocycles. The molecule has 1 amide bonds. The molecule has 2 atom stereocenters. The quantitative estimate of drug-likeness (QED) is 0.600. The standard InChI is InChI=1S/C19H21F2N5O3/c1-9(2)14-4-3-5-15-24-17(25-26(14)15)18(27)23-13-8-22-12-7-10(20)6-11(21)16(12)29-19(13)28/h6-7,9,13-14,22H,3-5,8H2,1-2H3,(H,23,27)/t13-,14+/m0/s1. The van der Waals surface area contributed by atoms with Gasteiger partial charge in [-0.05, 0) is 18.8 Å². The van der Waals surface area contributed by atoms with Crippen LogP contribution in [0.5, 0.6) is 5.75 Å². The Morgan fingerprint density at radius 1 is 1.38 bits per heavy atom. The minimum atomic E-state index is -1.11. The van der Waals surface area contributed by atoms with E-state index >= 15 is 0 Å². The monoisotopic (exact) mass is 405 g/mol. The Labute approximate surface area is 165 Å². The number of nitrogens with zero attached hydrogens (tertiary/aromatic N) is 3. The number of ether oxygens (including phenoxy) is 1. The zero-order valence-electron chi connectivity index (χ0n) is 16.0. The van der Waals surface area contributed by atoms with Crippen molar-refractivity contribution in [3.8, 4) is 5.75 Å². The Morgan fingerprint density at radius 2 is 2.17 bits per heavy atom. The van der Waals surface area contributed by atoms with Crippen LogP contribution in [-0.4, -0.2) is 39.2 Å². The van der Waals surface area contributed by atoms with Gasteiger partial charge in [-0.1, -0.05) is 13.8 Å². The number of esters is 1. The summed E-state index contributed by atoms with van der Waals surface area (Å²) < 4.78 is 34.1. The van der Waals surface area contributed by atoms with Crippen LogP contribution >= 0.6 is 0 Å². The van der Waals surface area contributed by atoms with Gasteiger partial charge < -0.3 is 15.4 Å². The average molecular weight is 405 g/mol. The highest BCUT2D eigenvalue weighted by atomic mass is 19.1. The van der Waals surface area contributed by atoms with E-state index in [1.54, 1.807) is 4.68 Å². The van der Waals surface area contributed by atoms with Crippen LogP contribution in [0.3, 0.4) is 0 Å². The number of nitrogens with one attached hydrogen (secondary N) is 2. The minimum Gasteiger partial charge on any atom is -0.420 e. The smallest absolute Gasteiger partial charge is 0.336 e. The maximum atomic E-state index is 13.9. The second-order valence-electron chi connectivity index (χ2n) is 7.59. The first kappa shape index (κ1) is 19.3. The fourth-order valence-corrected chi connectivity index (χ4v) is 3.69. The summed E-state index contributed by atoms with van der Waals surface area (Å²) in [6.07, 6.45) is 2.67. The van der Waals surface area contributed by atoms with Crippen molar-refractivity contribution in [3.63, 3.8) is 0 Å². The topological polar surface area (TPSA) is 98.1 Å². The van der Waals surface area contributed by atoms with Crippen LogP contribution < -0.4 is 15.4 Å². The van der Waals surface area contributed by atoms with Crippen LogP contribution in [0.4, 0.5) is 14.5 Å².